The molecule has 1 saturated heterocycles. The number of carbonyl (C=O) groups is 1. The summed E-state index contributed by atoms with van der Waals surface area (Å²) in [7, 11) is 0. The van der Waals surface area contributed by atoms with Crippen molar-refractivity contribution in [2.45, 2.75) is 19.8 Å². The van der Waals surface area contributed by atoms with Gasteiger partial charge in [-0.15, -0.1) is 0 Å². The molecule has 0 radical (unpaired) electrons. The molecule has 23 heavy (non-hydrogen) atoms. The fourth-order valence-electron chi connectivity index (χ4n) is 2.77. The second-order valence-electron chi connectivity index (χ2n) is 5.80. The molecule has 1 aliphatic rings. The van der Waals surface area contributed by atoms with E-state index >= 15 is 0 Å². The van der Waals surface area contributed by atoms with Crippen molar-refractivity contribution >= 4 is 29.0 Å². The number of amides is 1. The SMILES string of the molecule is Cc1ccc(NC(=O)[C@H]2CCCN(c3cnccn3)C2)cc1Cl. The molecular weight excluding hydrogens is 312 g/mol. The van der Waals surface area contributed by atoms with Crippen LogP contribution in [0.25, 0.3) is 0 Å². The summed E-state index contributed by atoms with van der Waals surface area (Å²) in [6.45, 7) is 3.50. The molecule has 2 heterocycles. The van der Waals surface area contributed by atoms with Crippen LogP contribution in [0.15, 0.2) is 36.8 Å². The number of piperidine rings is 1. The highest BCUT2D eigenvalue weighted by Crippen LogP contribution is 2.24. The number of aromatic nitrogens is 2. The third kappa shape index (κ3) is 3.79. The topological polar surface area (TPSA) is 58.1 Å². The van der Waals surface area contributed by atoms with Crippen molar-refractivity contribution in [2.75, 3.05) is 23.3 Å². The van der Waals surface area contributed by atoms with Crippen molar-refractivity contribution in [3.8, 4) is 0 Å². The molecule has 2 aromatic rings. The maximum absolute atomic E-state index is 12.5. The van der Waals surface area contributed by atoms with Gasteiger partial charge in [0.15, 0.2) is 0 Å². The Kier molecular flexibility index (Phi) is 4.76. The average molecular weight is 331 g/mol. The van der Waals surface area contributed by atoms with Crippen LogP contribution in [0, 0.1) is 12.8 Å². The summed E-state index contributed by atoms with van der Waals surface area (Å²) < 4.78 is 0. The van der Waals surface area contributed by atoms with E-state index in [1.165, 1.54) is 0 Å². The second kappa shape index (κ2) is 6.96. The maximum Gasteiger partial charge on any atom is 0.229 e. The fraction of sp³-hybridized carbons (Fsp3) is 0.353. The minimum absolute atomic E-state index is 0.0264. The van der Waals surface area contributed by atoms with Gasteiger partial charge in [-0.3, -0.25) is 9.78 Å². The lowest BCUT2D eigenvalue weighted by atomic mass is 9.97. The summed E-state index contributed by atoms with van der Waals surface area (Å²) in [5, 5.41) is 3.63. The summed E-state index contributed by atoms with van der Waals surface area (Å²) >= 11 is 6.11. The number of hydrogen-bond acceptors (Lipinski definition) is 4. The van der Waals surface area contributed by atoms with Crippen molar-refractivity contribution in [3.63, 3.8) is 0 Å². The first-order chi connectivity index (χ1) is 11.1. The van der Waals surface area contributed by atoms with E-state index in [-0.39, 0.29) is 11.8 Å². The van der Waals surface area contributed by atoms with Crippen LogP contribution in [0.1, 0.15) is 18.4 Å². The monoisotopic (exact) mass is 330 g/mol. The van der Waals surface area contributed by atoms with Gasteiger partial charge in [0.25, 0.3) is 0 Å². The molecule has 0 unspecified atom stereocenters. The number of rotatable bonds is 3. The molecule has 0 aliphatic carbocycles. The van der Waals surface area contributed by atoms with Crippen LogP contribution in [0.2, 0.25) is 5.02 Å². The highest BCUT2D eigenvalue weighted by Gasteiger charge is 2.26. The number of anilines is 2. The van der Waals surface area contributed by atoms with E-state index in [9.17, 15) is 4.79 Å². The van der Waals surface area contributed by atoms with Crippen LogP contribution in [-0.2, 0) is 4.79 Å². The van der Waals surface area contributed by atoms with Crippen LogP contribution in [0.5, 0.6) is 0 Å². The standard InChI is InChI=1S/C17H19ClN4O/c1-12-4-5-14(9-15(12)18)21-17(23)13-3-2-8-22(11-13)16-10-19-6-7-20-16/h4-7,9-10,13H,2-3,8,11H2,1H3,(H,21,23)/t13-/m0/s1. The number of aryl methyl sites for hydroxylation is 1. The van der Waals surface area contributed by atoms with Crippen molar-refractivity contribution in [1.29, 1.82) is 0 Å². The van der Waals surface area contributed by atoms with E-state index in [1.54, 1.807) is 24.7 Å². The molecule has 0 spiro atoms. The summed E-state index contributed by atoms with van der Waals surface area (Å²) in [4.78, 5) is 23.0. The molecule has 120 valence electrons. The Morgan fingerprint density at radius 3 is 3.00 bits per heavy atom. The largest absolute Gasteiger partial charge is 0.355 e. The van der Waals surface area contributed by atoms with E-state index in [0.29, 0.717) is 11.6 Å². The van der Waals surface area contributed by atoms with Crippen LogP contribution >= 0.6 is 11.6 Å². The lowest BCUT2D eigenvalue weighted by Gasteiger charge is -2.32. The minimum atomic E-state index is -0.0640. The van der Waals surface area contributed by atoms with E-state index in [2.05, 4.69) is 20.2 Å². The maximum atomic E-state index is 12.5. The molecular formula is C17H19ClN4O. The van der Waals surface area contributed by atoms with Crippen molar-refractivity contribution in [2.24, 2.45) is 5.92 Å². The summed E-state index contributed by atoms with van der Waals surface area (Å²) in [6.07, 6.45) is 6.90. The van der Waals surface area contributed by atoms with Crippen molar-refractivity contribution in [1.82, 2.24) is 9.97 Å². The predicted molar refractivity (Wildman–Crippen MR) is 91.8 cm³/mol. The Balaban J connectivity index is 1.66. The average Bonchev–Trinajstić information content (AvgIpc) is 2.59. The molecule has 1 N–H and O–H groups in total. The summed E-state index contributed by atoms with van der Waals surface area (Å²) in [5.41, 5.74) is 1.73. The molecule has 1 atom stereocenters. The third-order valence-electron chi connectivity index (χ3n) is 4.11. The Labute approximate surface area is 140 Å². The third-order valence-corrected chi connectivity index (χ3v) is 4.51. The number of carbonyl (C=O) groups excluding carboxylic acids is 1. The minimum Gasteiger partial charge on any atom is -0.355 e. The van der Waals surface area contributed by atoms with Gasteiger partial charge in [0.2, 0.25) is 5.91 Å². The Morgan fingerprint density at radius 1 is 1.39 bits per heavy atom. The predicted octanol–water partition coefficient (Wildman–Crippen LogP) is 3.29. The molecule has 1 fully saturated rings. The van der Waals surface area contributed by atoms with Gasteiger partial charge >= 0.3 is 0 Å². The van der Waals surface area contributed by atoms with Gasteiger partial charge in [0, 0.05) is 36.2 Å². The number of nitrogens with one attached hydrogen (secondary N) is 1. The van der Waals surface area contributed by atoms with Gasteiger partial charge in [-0.25, -0.2) is 4.98 Å². The molecule has 0 saturated carbocycles. The quantitative estimate of drug-likeness (QED) is 0.938. The van der Waals surface area contributed by atoms with E-state index in [1.807, 2.05) is 19.1 Å². The lowest BCUT2D eigenvalue weighted by molar-refractivity contribution is -0.120. The highest BCUT2D eigenvalue weighted by molar-refractivity contribution is 6.31. The molecule has 1 aromatic carbocycles. The van der Waals surface area contributed by atoms with Gasteiger partial charge < -0.3 is 10.2 Å². The summed E-state index contributed by atoms with van der Waals surface area (Å²) in [5.74, 6) is 0.785. The van der Waals surface area contributed by atoms with Gasteiger partial charge in [0.1, 0.15) is 5.82 Å². The Bertz CT molecular complexity index is 692. The molecule has 5 nitrogen and oxygen atoms in total. The van der Waals surface area contributed by atoms with E-state index < -0.39 is 0 Å². The summed E-state index contributed by atoms with van der Waals surface area (Å²) in [6, 6.07) is 5.57. The first-order valence-electron chi connectivity index (χ1n) is 7.71. The molecule has 0 bridgehead atoms. The highest BCUT2D eigenvalue weighted by atomic mass is 35.5. The zero-order chi connectivity index (χ0) is 16.2. The fourth-order valence-corrected chi connectivity index (χ4v) is 2.95. The van der Waals surface area contributed by atoms with Crippen LogP contribution in [0.4, 0.5) is 11.5 Å². The molecule has 6 heteroatoms. The smallest absolute Gasteiger partial charge is 0.229 e. The molecule has 1 amide bonds. The Morgan fingerprint density at radius 2 is 2.26 bits per heavy atom. The zero-order valence-corrected chi connectivity index (χ0v) is 13.8. The van der Waals surface area contributed by atoms with Gasteiger partial charge in [-0.2, -0.15) is 0 Å². The van der Waals surface area contributed by atoms with Crippen molar-refractivity contribution in [3.05, 3.63) is 47.4 Å². The van der Waals surface area contributed by atoms with Gasteiger partial charge in [-0.05, 0) is 37.5 Å². The number of halogens is 1. The van der Waals surface area contributed by atoms with Crippen LogP contribution in [-0.4, -0.2) is 29.0 Å². The number of hydrogen-bond donors (Lipinski definition) is 1. The first-order valence-corrected chi connectivity index (χ1v) is 8.09. The van der Waals surface area contributed by atoms with E-state index in [4.69, 9.17) is 11.6 Å². The van der Waals surface area contributed by atoms with Gasteiger partial charge in [0.05, 0.1) is 12.1 Å². The van der Waals surface area contributed by atoms with Crippen LogP contribution in [0.3, 0.4) is 0 Å². The van der Waals surface area contributed by atoms with Crippen LogP contribution < -0.4 is 10.2 Å². The van der Waals surface area contributed by atoms with Gasteiger partial charge in [-0.1, -0.05) is 17.7 Å². The number of benzene rings is 1. The number of nitrogens with zero attached hydrogens (tertiary/aromatic N) is 3. The molecule has 1 aromatic heterocycles. The normalized spacial score (nSPS) is 17.8. The second-order valence-corrected chi connectivity index (χ2v) is 6.21. The lowest BCUT2D eigenvalue weighted by Crippen LogP contribution is -2.41. The van der Waals surface area contributed by atoms with E-state index in [0.717, 1.165) is 36.5 Å². The molecule has 3 rings (SSSR count). The Hall–Kier alpha value is -2.14. The van der Waals surface area contributed by atoms with Crippen molar-refractivity contribution < 1.29 is 4.79 Å². The zero-order valence-electron chi connectivity index (χ0n) is 13.0. The first kappa shape index (κ1) is 15.7. The molecule has 1 aliphatic heterocycles.